The van der Waals surface area contributed by atoms with Gasteiger partial charge >= 0.3 is 0 Å². The van der Waals surface area contributed by atoms with Crippen molar-refractivity contribution in [2.45, 2.75) is 18.2 Å². The molecule has 0 saturated heterocycles. The summed E-state index contributed by atoms with van der Waals surface area (Å²) in [7, 11) is -3.20. The molecule has 19 heavy (non-hydrogen) atoms. The van der Waals surface area contributed by atoms with Gasteiger partial charge in [0.2, 0.25) is 5.78 Å². The van der Waals surface area contributed by atoms with Gasteiger partial charge in [0.15, 0.2) is 0 Å². The molecule has 1 amide bonds. The number of anilines is 1. The van der Waals surface area contributed by atoms with E-state index in [0.717, 1.165) is 6.07 Å². The van der Waals surface area contributed by atoms with Crippen LogP contribution in [0.5, 0.6) is 5.75 Å². The zero-order valence-corrected chi connectivity index (χ0v) is 11.2. The third-order valence-electron chi connectivity index (χ3n) is 2.27. The van der Waals surface area contributed by atoms with Crippen LogP contribution in [0, 0.1) is 0 Å². The fourth-order valence-electron chi connectivity index (χ4n) is 1.32. The molecular weight excluding hydrogens is 274 g/mol. The minimum Gasteiger partial charge on any atom is -0.495 e. The predicted octanol–water partition coefficient (Wildman–Crippen LogP) is 0.859. The molecule has 0 spiro atoms. The maximum absolute atomic E-state index is 11.4. The highest BCUT2D eigenvalue weighted by molar-refractivity contribution is 7.86. The molecule has 0 aliphatic carbocycles. The fourth-order valence-corrected chi connectivity index (χ4v) is 1.96. The molecule has 1 aromatic carbocycles. The molecule has 1 rings (SSSR count). The molecule has 0 heterocycles. The quantitative estimate of drug-likeness (QED) is 0.614. The second-order valence-electron chi connectivity index (χ2n) is 3.57. The van der Waals surface area contributed by atoms with Crippen LogP contribution in [0.4, 0.5) is 5.69 Å². The highest BCUT2D eigenvalue weighted by atomic mass is 32.2. The van der Waals surface area contributed by atoms with E-state index in [2.05, 4.69) is 5.32 Å². The topological polar surface area (TPSA) is 110 Å². The normalized spacial score (nSPS) is 10.9. The predicted molar refractivity (Wildman–Crippen MR) is 66.7 cm³/mol. The molecule has 0 unspecified atom stereocenters. The summed E-state index contributed by atoms with van der Waals surface area (Å²) in [6.07, 6.45) is 0.0616. The lowest BCUT2D eigenvalue weighted by Crippen LogP contribution is -2.21. The number of methoxy groups -OCH3 is 1. The van der Waals surface area contributed by atoms with E-state index in [0.29, 0.717) is 0 Å². The first-order valence-corrected chi connectivity index (χ1v) is 6.73. The summed E-state index contributed by atoms with van der Waals surface area (Å²) in [5, 5.41) is 2.30. The number of amides is 1. The molecule has 0 bridgehead atoms. The number of rotatable bonds is 5. The van der Waals surface area contributed by atoms with Crippen LogP contribution in [-0.2, 0) is 19.7 Å². The summed E-state index contributed by atoms with van der Waals surface area (Å²) in [5.74, 6) is -1.54. The maximum Gasteiger partial charge on any atom is 0.298 e. The third kappa shape index (κ3) is 3.76. The Hall–Kier alpha value is -1.93. The van der Waals surface area contributed by atoms with Gasteiger partial charge in [-0.05, 0) is 12.1 Å². The van der Waals surface area contributed by atoms with Crippen molar-refractivity contribution in [2.75, 3.05) is 12.4 Å². The summed E-state index contributed by atoms with van der Waals surface area (Å²) >= 11 is 0. The van der Waals surface area contributed by atoms with E-state index in [1.54, 1.807) is 6.92 Å². The van der Waals surface area contributed by atoms with Gasteiger partial charge in [0.05, 0.1) is 7.11 Å². The summed E-state index contributed by atoms with van der Waals surface area (Å²) < 4.78 is 35.8. The second kappa shape index (κ2) is 5.81. The summed E-state index contributed by atoms with van der Waals surface area (Å²) in [6.45, 7) is 1.55. The first kappa shape index (κ1) is 15.1. The van der Waals surface area contributed by atoms with Crippen LogP contribution < -0.4 is 10.1 Å². The first-order valence-electron chi connectivity index (χ1n) is 5.29. The number of carbonyl (C=O) groups excluding carboxylic acids is 2. The lowest BCUT2D eigenvalue weighted by atomic mass is 10.2. The summed E-state index contributed by atoms with van der Waals surface area (Å²) in [6, 6.07) is 3.51. The number of hydrogen-bond donors (Lipinski definition) is 2. The maximum atomic E-state index is 11.4. The average molecular weight is 287 g/mol. The molecule has 0 fully saturated rings. The molecule has 0 saturated carbocycles. The van der Waals surface area contributed by atoms with E-state index in [1.165, 1.54) is 19.2 Å². The Kier molecular flexibility index (Phi) is 4.62. The number of ketones is 1. The molecule has 0 atom stereocenters. The lowest BCUT2D eigenvalue weighted by molar-refractivity contribution is -0.134. The van der Waals surface area contributed by atoms with Gasteiger partial charge in [-0.2, -0.15) is 8.42 Å². The number of nitrogens with one attached hydrogen (secondary N) is 1. The van der Waals surface area contributed by atoms with Gasteiger partial charge in [-0.15, -0.1) is 0 Å². The van der Waals surface area contributed by atoms with Crippen molar-refractivity contribution in [3.05, 3.63) is 18.2 Å². The van der Waals surface area contributed by atoms with Crippen molar-refractivity contribution in [3.63, 3.8) is 0 Å². The molecule has 0 aliphatic rings. The first-order chi connectivity index (χ1) is 8.79. The Bertz CT molecular complexity index is 608. The smallest absolute Gasteiger partial charge is 0.298 e. The Morgan fingerprint density at radius 1 is 1.37 bits per heavy atom. The van der Waals surface area contributed by atoms with Gasteiger partial charge in [0.1, 0.15) is 10.6 Å². The van der Waals surface area contributed by atoms with Gasteiger partial charge in [0, 0.05) is 18.2 Å². The van der Waals surface area contributed by atoms with Gasteiger partial charge < -0.3 is 10.1 Å². The van der Waals surface area contributed by atoms with E-state index in [-0.39, 0.29) is 17.9 Å². The van der Waals surface area contributed by atoms with Crippen LogP contribution in [0.15, 0.2) is 23.1 Å². The zero-order chi connectivity index (χ0) is 14.6. The van der Waals surface area contributed by atoms with Crippen molar-refractivity contribution in [1.29, 1.82) is 0 Å². The Morgan fingerprint density at radius 2 is 2.00 bits per heavy atom. The highest BCUT2D eigenvalue weighted by Gasteiger charge is 2.18. The van der Waals surface area contributed by atoms with Crippen molar-refractivity contribution in [1.82, 2.24) is 0 Å². The van der Waals surface area contributed by atoms with E-state index in [4.69, 9.17) is 9.29 Å². The van der Waals surface area contributed by atoms with Crippen molar-refractivity contribution >= 4 is 27.5 Å². The van der Waals surface area contributed by atoms with Crippen LogP contribution in [-0.4, -0.2) is 31.8 Å². The highest BCUT2D eigenvalue weighted by Crippen LogP contribution is 2.27. The van der Waals surface area contributed by atoms with Crippen molar-refractivity contribution < 1.29 is 27.3 Å². The Balaban J connectivity index is 3.08. The fraction of sp³-hybridized carbons (Fsp3) is 0.273. The molecule has 104 valence electrons. The van der Waals surface area contributed by atoms with E-state index < -0.39 is 26.7 Å². The summed E-state index contributed by atoms with van der Waals surface area (Å²) in [4.78, 5) is 22.1. The van der Waals surface area contributed by atoms with Gasteiger partial charge in [-0.1, -0.05) is 6.92 Å². The number of ether oxygens (including phenoxy) is 1. The molecule has 0 radical (unpaired) electrons. The zero-order valence-electron chi connectivity index (χ0n) is 10.3. The standard InChI is InChI=1S/C11H13NO6S/c1-3-8(13)11(14)12-7-4-5-10(19(15,16)17)9(6-7)18-2/h4-6H,3H2,1-2H3,(H,12,14)(H,15,16,17). The molecule has 8 heteroatoms. The molecule has 0 aliphatic heterocycles. The molecule has 0 aromatic heterocycles. The molecule has 2 N–H and O–H groups in total. The Labute approximate surface area is 110 Å². The van der Waals surface area contributed by atoms with E-state index in [9.17, 15) is 18.0 Å². The summed E-state index contributed by atoms with van der Waals surface area (Å²) in [5.41, 5.74) is 0.191. The van der Waals surface area contributed by atoms with Gasteiger partial charge in [-0.3, -0.25) is 14.1 Å². The number of carbonyl (C=O) groups is 2. The minimum atomic E-state index is -4.42. The number of hydrogen-bond acceptors (Lipinski definition) is 5. The monoisotopic (exact) mass is 287 g/mol. The third-order valence-corrected chi connectivity index (χ3v) is 3.17. The van der Waals surface area contributed by atoms with Crippen LogP contribution in [0.2, 0.25) is 0 Å². The van der Waals surface area contributed by atoms with Crippen molar-refractivity contribution in [2.24, 2.45) is 0 Å². The molecule has 1 aromatic rings. The molecule has 7 nitrogen and oxygen atoms in total. The largest absolute Gasteiger partial charge is 0.495 e. The van der Waals surface area contributed by atoms with Crippen molar-refractivity contribution in [3.8, 4) is 5.75 Å². The number of Topliss-reactive ketones (excluding diaryl/α,β-unsaturated/α-hetero) is 1. The van der Waals surface area contributed by atoms with E-state index >= 15 is 0 Å². The van der Waals surface area contributed by atoms with Crippen LogP contribution in [0.3, 0.4) is 0 Å². The van der Waals surface area contributed by atoms with Crippen LogP contribution >= 0.6 is 0 Å². The van der Waals surface area contributed by atoms with E-state index in [1.807, 2.05) is 0 Å². The average Bonchev–Trinajstić information content (AvgIpc) is 2.36. The number of benzene rings is 1. The van der Waals surface area contributed by atoms with Crippen LogP contribution in [0.25, 0.3) is 0 Å². The van der Waals surface area contributed by atoms with Gasteiger partial charge in [-0.25, -0.2) is 0 Å². The minimum absolute atomic E-state index is 0.0616. The molecular formula is C11H13NO6S. The van der Waals surface area contributed by atoms with Gasteiger partial charge in [0.25, 0.3) is 16.0 Å². The lowest BCUT2D eigenvalue weighted by Gasteiger charge is -2.09. The second-order valence-corrected chi connectivity index (χ2v) is 4.96. The SMILES string of the molecule is CCC(=O)C(=O)Nc1ccc(S(=O)(=O)O)c(OC)c1. The Morgan fingerprint density at radius 3 is 2.47 bits per heavy atom. The van der Waals surface area contributed by atoms with Crippen LogP contribution in [0.1, 0.15) is 13.3 Å².